The summed E-state index contributed by atoms with van der Waals surface area (Å²) in [7, 11) is 0. The number of hydrogen-bond donors (Lipinski definition) is 0. The Labute approximate surface area is 164 Å². The molecular formula is C21H26N4O3. The van der Waals surface area contributed by atoms with E-state index < -0.39 is 0 Å². The van der Waals surface area contributed by atoms with Gasteiger partial charge in [-0.05, 0) is 38.8 Å². The lowest BCUT2D eigenvalue weighted by atomic mass is 9.94. The van der Waals surface area contributed by atoms with Crippen molar-refractivity contribution in [1.82, 2.24) is 19.4 Å². The van der Waals surface area contributed by atoms with Crippen LogP contribution in [0.3, 0.4) is 0 Å². The van der Waals surface area contributed by atoms with Gasteiger partial charge in [-0.25, -0.2) is 4.98 Å². The molecule has 2 aromatic heterocycles. The van der Waals surface area contributed by atoms with Crippen LogP contribution in [0.2, 0.25) is 0 Å². The Morgan fingerprint density at radius 2 is 2.14 bits per heavy atom. The number of nitrogens with zero attached hydrogens (tertiary/aromatic N) is 4. The first-order valence-corrected chi connectivity index (χ1v) is 9.79. The van der Waals surface area contributed by atoms with Crippen LogP contribution in [0.15, 0.2) is 46.9 Å². The number of imidazole rings is 1. The van der Waals surface area contributed by atoms with Crippen LogP contribution < -0.4 is 0 Å². The lowest BCUT2D eigenvalue weighted by Crippen LogP contribution is -2.48. The van der Waals surface area contributed by atoms with Crippen LogP contribution in [0.4, 0.5) is 0 Å². The summed E-state index contributed by atoms with van der Waals surface area (Å²) in [6, 6.07) is 3.63. The second kappa shape index (κ2) is 7.66. The Morgan fingerprint density at radius 1 is 1.29 bits per heavy atom. The molecule has 0 radical (unpaired) electrons. The molecule has 3 fully saturated rings. The maximum Gasteiger partial charge on any atom is 0.289 e. The number of allylic oxidation sites excluding steroid dienone is 1. The Morgan fingerprint density at radius 3 is 2.89 bits per heavy atom. The predicted molar refractivity (Wildman–Crippen MR) is 104 cm³/mol. The molecule has 0 N–H and O–H groups in total. The van der Waals surface area contributed by atoms with Crippen LogP contribution in [0.5, 0.6) is 0 Å². The Kier molecular flexibility index (Phi) is 5.07. The number of rotatable bonds is 5. The van der Waals surface area contributed by atoms with E-state index in [2.05, 4.69) is 11.1 Å². The Hall–Kier alpha value is -2.83. The van der Waals surface area contributed by atoms with Gasteiger partial charge in [-0.1, -0.05) is 11.6 Å². The summed E-state index contributed by atoms with van der Waals surface area (Å²) in [5.41, 5.74) is 1.20. The molecule has 2 aromatic rings. The third-order valence-corrected chi connectivity index (χ3v) is 5.55. The molecule has 3 saturated heterocycles. The number of amides is 2. The maximum absolute atomic E-state index is 13.0. The SMILES string of the molecule is CC(C)=CCN1C(=O)[C@H]2CC[C@@H]1CN(C(=O)c1ccc(Cn3ccnc3)o1)C2. The highest BCUT2D eigenvalue weighted by Gasteiger charge is 2.42. The van der Waals surface area contributed by atoms with Crippen LogP contribution in [-0.4, -0.2) is 56.8 Å². The van der Waals surface area contributed by atoms with Gasteiger partial charge in [0, 0.05) is 38.1 Å². The summed E-state index contributed by atoms with van der Waals surface area (Å²) in [6.45, 7) is 6.27. The molecule has 148 valence electrons. The lowest BCUT2D eigenvalue weighted by molar-refractivity contribution is -0.139. The normalized spacial score (nSPS) is 21.7. The van der Waals surface area contributed by atoms with Gasteiger partial charge in [-0.3, -0.25) is 9.59 Å². The van der Waals surface area contributed by atoms with E-state index in [0.29, 0.717) is 37.7 Å². The third-order valence-electron chi connectivity index (χ3n) is 5.55. The second-order valence-corrected chi connectivity index (χ2v) is 7.91. The minimum Gasteiger partial charge on any atom is -0.454 e. The molecule has 28 heavy (non-hydrogen) atoms. The van der Waals surface area contributed by atoms with Gasteiger partial charge in [0.15, 0.2) is 5.76 Å². The molecule has 5 heterocycles. The zero-order valence-corrected chi connectivity index (χ0v) is 16.4. The van der Waals surface area contributed by atoms with Crippen molar-refractivity contribution in [3.05, 3.63) is 54.0 Å². The first kappa shape index (κ1) is 18.5. The molecule has 7 heteroatoms. The monoisotopic (exact) mass is 382 g/mol. The first-order valence-electron chi connectivity index (χ1n) is 9.79. The summed E-state index contributed by atoms with van der Waals surface area (Å²) < 4.78 is 7.68. The number of carbonyl (C=O) groups excluding carboxylic acids is 2. The predicted octanol–water partition coefficient (Wildman–Crippen LogP) is 2.55. The van der Waals surface area contributed by atoms with Gasteiger partial charge < -0.3 is 18.8 Å². The molecule has 2 amide bonds. The molecule has 0 aliphatic carbocycles. The van der Waals surface area contributed by atoms with Gasteiger partial charge in [-0.15, -0.1) is 0 Å². The van der Waals surface area contributed by atoms with E-state index in [1.807, 2.05) is 35.6 Å². The first-order chi connectivity index (χ1) is 13.5. The molecule has 7 nitrogen and oxygen atoms in total. The number of fused-ring (bicyclic) bond motifs is 4. The van der Waals surface area contributed by atoms with Crippen molar-refractivity contribution >= 4 is 11.8 Å². The molecule has 3 aliphatic rings. The van der Waals surface area contributed by atoms with E-state index in [1.54, 1.807) is 23.5 Å². The topological polar surface area (TPSA) is 71.6 Å². The van der Waals surface area contributed by atoms with E-state index in [9.17, 15) is 9.59 Å². The molecule has 0 spiro atoms. The fourth-order valence-corrected chi connectivity index (χ4v) is 4.02. The second-order valence-electron chi connectivity index (χ2n) is 7.91. The van der Waals surface area contributed by atoms with Gasteiger partial charge in [0.2, 0.25) is 5.91 Å². The van der Waals surface area contributed by atoms with Crippen molar-refractivity contribution in [2.75, 3.05) is 19.6 Å². The average molecular weight is 382 g/mol. The standard InChI is InChI=1S/C21H26N4O3/c1-15(2)7-9-25-17-4-3-16(20(25)26)11-24(12-17)21(27)19-6-5-18(28-19)13-23-10-8-22-14-23/h5-8,10,14,16-17H,3-4,9,11-13H2,1-2H3/t16-,17+/m0/s1. The molecule has 0 saturated carbocycles. The van der Waals surface area contributed by atoms with Crippen molar-refractivity contribution in [2.24, 2.45) is 5.92 Å². The fraction of sp³-hybridized carbons (Fsp3) is 0.476. The van der Waals surface area contributed by atoms with Crippen molar-refractivity contribution < 1.29 is 14.0 Å². The van der Waals surface area contributed by atoms with Crippen LogP contribution in [0, 0.1) is 5.92 Å². The summed E-state index contributed by atoms with van der Waals surface area (Å²) in [4.78, 5) is 33.6. The number of aromatic nitrogens is 2. The molecule has 3 aliphatic heterocycles. The van der Waals surface area contributed by atoms with E-state index in [0.717, 1.165) is 12.8 Å². The van der Waals surface area contributed by atoms with E-state index in [1.165, 1.54) is 5.57 Å². The largest absolute Gasteiger partial charge is 0.454 e. The number of piperidine rings is 1. The van der Waals surface area contributed by atoms with Crippen molar-refractivity contribution in [2.45, 2.75) is 39.3 Å². The third kappa shape index (κ3) is 3.74. The Bertz CT molecular complexity index is 879. The highest BCUT2D eigenvalue weighted by molar-refractivity contribution is 5.92. The lowest BCUT2D eigenvalue weighted by Gasteiger charge is -2.35. The van der Waals surface area contributed by atoms with Crippen molar-refractivity contribution in [3.63, 3.8) is 0 Å². The molecule has 0 aromatic carbocycles. The molecule has 2 atom stereocenters. The number of carbonyl (C=O) groups is 2. The summed E-state index contributed by atoms with van der Waals surface area (Å²) in [5, 5.41) is 0. The number of hydrogen-bond acceptors (Lipinski definition) is 4. The van der Waals surface area contributed by atoms with E-state index in [4.69, 9.17) is 4.42 Å². The Balaban J connectivity index is 1.48. The van der Waals surface area contributed by atoms with Gasteiger partial charge >= 0.3 is 0 Å². The maximum atomic E-state index is 13.0. The zero-order valence-electron chi connectivity index (χ0n) is 16.4. The summed E-state index contributed by atoms with van der Waals surface area (Å²) >= 11 is 0. The van der Waals surface area contributed by atoms with Crippen LogP contribution in [-0.2, 0) is 11.3 Å². The van der Waals surface area contributed by atoms with Crippen LogP contribution in [0.1, 0.15) is 43.0 Å². The highest BCUT2D eigenvalue weighted by Crippen LogP contribution is 2.30. The molecule has 5 rings (SSSR count). The zero-order chi connectivity index (χ0) is 19.7. The van der Waals surface area contributed by atoms with E-state index in [-0.39, 0.29) is 23.8 Å². The fourth-order valence-electron chi connectivity index (χ4n) is 4.02. The smallest absolute Gasteiger partial charge is 0.289 e. The minimum atomic E-state index is -0.134. The highest BCUT2D eigenvalue weighted by atomic mass is 16.4. The average Bonchev–Trinajstić information content (AvgIpc) is 3.27. The van der Waals surface area contributed by atoms with Crippen molar-refractivity contribution in [1.29, 1.82) is 0 Å². The van der Waals surface area contributed by atoms with E-state index >= 15 is 0 Å². The summed E-state index contributed by atoms with van der Waals surface area (Å²) in [6.07, 6.45) is 9.15. The van der Waals surface area contributed by atoms with Gasteiger partial charge in [0.1, 0.15) is 5.76 Å². The van der Waals surface area contributed by atoms with Crippen LogP contribution in [0.25, 0.3) is 0 Å². The van der Waals surface area contributed by atoms with Gasteiger partial charge in [0.25, 0.3) is 5.91 Å². The summed E-state index contributed by atoms with van der Waals surface area (Å²) in [5.74, 6) is 0.962. The molecule has 2 bridgehead atoms. The number of furan rings is 1. The van der Waals surface area contributed by atoms with Gasteiger partial charge in [-0.2, -0.15) is 0 Å². The minimum absolute atomic E-state index is 0.0752. The van der Waals surface area contributed by atoms with Crippen molar-refractivity contribution in [3.8, 4) is 0 Å². The molecule has 0 unspecified atom stereocenters. The quantitative estimate of drug-likeness (QED) is 0.745. The molecular weight excluding hydrogens is 356 g/mol. The van der Waals surface area contributed by atoms with Crippen LogP contribution >= 0.6 is 0 Å². The van der Waals surface area contributed by atoms with Gasteiger partial charge in [0.05, 0.1) is 18.8 Å².